The third-order valence-corrected chi connectivity index (χ3v) is 5.77. The summed E-state index contributed by atoms with van der Waals surface area (Å²) in [4.78, 5) is 12.3. The number of carbonyl (C=O) groups is 1. The van der Waals surface area contributed by atoms with Gasteiger partial charge in [0.05, 0.1) is 4.90 Å². The fraction of sp³-hybridized carbons (Fsp3) is 0.316. The molecule has 0 aliphatic heterocycles. The van der Waals surface area contributed by atoms with Gasteiger partial charge in [0.25, 0.3) is 0 Å². The molecule has 0 atom stereocenters. The fourth-order valence-corrected chi connectivity index (χ4v) is 3.87. The highest BCUT2D eigenvalue weighted by Crippen LogP contribution is 2.22. The van der Waals surface area contributed by atoms with Crippen LogP contribution in [0.15, 0.2) is 47.4 Å². The third-order valence-electron chi connectivity index (χ3n) is 4.24. The van der Waals surface area contributed by atoms with Crippen molar-refractivity contribution in [1.82, 2.24) is 4.72 Å². The zero-order valence-electron chi connectivity index (χ0n) is 14.5. The minimum absolute atomic E-state index is 0.0679. The number of hydrogen-bond acceptors (Lipinski definition) is 3. The molecule has 0 aromatic heterocycles. The number of anilines is 1. The van der Waals surface area contributed by atoms with E-state index in [2.05, 4.69) is 10.0 Å². The van der Waals surface area contributed by atoms with Crippen molar-refractivity contribution in [3.8, 4) is 0 Å². The summed E-state index contributed by atoms with van der Waals surface area (Å²) >= 11 is 0. The average Bonchev–Trinajstić information content (AvgIpc) is 3.39. The molecule has 0 bridgehead atoms. The van der Waals surface area contributed by atoms with Crippen molar-refractivity contribution in [2.24, 2.45) is 0 Å². The molecule has 2 aromatic carbocycles. The van der Waals surface area contributed by atoms with E-state index in [0.717, 1.165) is 18.4 Å². The molecule has 0 heterocycles. The van der Waals surface area contributed by atoms with Crippen LogP contribution in [0, 0.1) is 12.7 Å². The maximum absolute atomic E-state index is 13.1. The molecule has 1 aliphatic rings. The first-order chi connectivity index (χ1) is 12.3. The van der Waals surface area contributed by atoms with Crippen LogP contribution in [0.4, 0.5) is 10.1 Å². The van der Waals surface area contributed by atoms with Gasteiger partial charge in [-0.3, -0.25) is 4.79 Å². The number of carbonyl (C=O) groups excluding carboxylic acids is 1. The predicted octanol–water partition coefficient (Wildman–Crippen LogP) is 3.15. The summed E-state index contributed by atoms with van der Waals surface area (Å²) in [5.74, 6) is -0.515. The maximum Gasteiger partial charge on any atom is 0.240 e. The lowest BCUT2D eigenvalue weighted by Crippen LogP contribution is -2.25. The van der Waals surface area contributed by atoms with E-state index in [1.54, 1.807) is 31.2 Å². The zero-order chi connectivity index (χ0) is 18.7. The molecule has 26 heavy (non-hydrogen) atoms. The number of amides is 1. The lowest BCUT2D eigenvalue weighted by molar-refractivity contribution is -0.116. The molecule has 138 valence electrons. The quantitative estimate of drug-likeness (QED) is 0.779. The molecule has 3 rings (SSSR count). The highest BCUT2D eigenvalue weighted by molar-refractivity contribution is 7.89. The molecule has 0 spiro atoms. The maximum atomic E-state index is 13.1. The molecule has 7 heteroatoms. The number of nitrogens with one attached hydrogen (secondary N) is 2. The van der Waals surface area contributed by atoms with Crippen molar-refractivity contribution in [2.75, 3.05) is 5.32 Å². The third kappa shape index (κ3) is 4.89. The molecule has 0 unspecified atom stereocenters. The minimum atomic E-state index is -3.45. The van der Waals surface area contributed by atoms with Crippen molar-refractivity contribution >= 4 is 21.6 Å². The number of rotatable bonds is 7. The standard InChI is InChI=1S/C19H21FN2O3S/c1-13-12-15(20)5-10-18(13)21-19(23)11-4-14-2-8-17(9-3-14)26(24,25)22-16-6-7-16/h2-3,5,8-10,12,16,22H,4,6-7,11H2,1H3,(H,21,23). The average molecular weight is 376 g/mol. The van der Waals surface area contributed by atoms with Gasteiger partial charge in [-0.05, 0) is 67.6 Å². The summed E-state index contributed by atoms with van der Waals surface area (Å²) in [6, 6.07) is 10.8. The zero-order valence-corrected chi connectivity index (χ0v) is 15.3. The minimum Gasteiger partial charge on any atom is -0.326 e. The Balaban J connectivity index is 1.55. The first-order valence-corrected chi connectivity index (χ1v) is 9.99. The van der Waals surface area contributed by atoms with Gasteiger partial charge < -0.3 is 5.32 Å². The Bertz CT molecular complexity index is 907. The molecule has 2 aromatic rings. The molecular formula is C19H21FN2O3S. The van der Waals surface area contributed by atoms with Crippen molar-refractivity contribution < 1.29 is 17.6 Å². The van der Waals surface area contributed by atoms with Crippen LogP contribution in [0.5, 0.6) is 0 Å². The highest BCUT2D eigenvalue weighted by atomic mass is 32.2. The summed E-state index contributed by atoms with van der Waals surface area (Å²) in [5, 5.41) is 2.76. The molecule has 0 saturated heterocycles. The summed E-state index contributed by atoms with van der Waals surface area (Å²) in [7, 11) is -3.45. The fourth-order valence-electron chi connectivity index (χ4n) is 2.56. The van der Waals surface area contributed by atoms with E-state index in [1.807, 2.05) is 0 Å². The van der Waals surface area contributed by atoms with Gasteiger partial charge in [-0.15, -0.1) is 0 Å². The van der Waals surface area contributed by atoms with Crippen molar-refractivity contribution in [1.29, 1.82) is 0 Å². The Labute approximate surface area is 152 Å². The van der Waals surface area contributed by atoms with Crippen LogP contribution >= 0.6 is 0 Å². The van der Waals surface area contributed by atoms with E-state index in [0.29, 0.717) is 17.7 Å². The van der Waals surface area contributed by atoms with E-state index >= 15 is 0 Å². The number of aryl methyl sites for hydroxylation is 2. The molecular weight excluding hydrogens is 355 g/mol. The molecule has 1 aliphatic carbocycles. The first kappa shape index (κ1) is 18.5. The Morgan fingerprint density at radius 1 is 1.15 bits per heavy atom. The second kappa shape index (κ2) is 7.55. The second-order valence-corrected chi connectivity index (χ2v) is 8.26. The lowest BCUT2D eigenvalue weighted by Gasteiger charge is -2.09. The monoisotopic (exact) mass is 376 g/mol. The summed E-state index contributed by atoms with van der Waals surface area (Å²) in [6.07, 6.45) is 2.52. The van der Waals surface area contributed by atoms with E-state index in [-0.39, 0.29) is 29.1 Å². The molecule has 1 fully saturated rings. The predicted molar refractivity (Wildman–Crippen MR) is 97.9 cm³/mol. The molecule has 1 amide bonds. The van der Waals surface area contributed by atoms with Crippen molar-refractivity contribution in [2.45, 2.75) is 43.5 Å². The summed E-state index contributed by atoms with van der Waals surface area (Å²) < 4.78 is 40.0. The number of halogens is 1. The van der Waals surface area contributed by atoms with Gasteiger partial charge in [0.2, 0.25) is 15.9 Å². The van der Waals surface area contributed by atoms with E-state index in [4.69, 9.17) is 0 Å². The number of sulfonamides is 1. The van der Waals surface area contributed by atoms with Crippen LogP contribution in [0.2, 0.25) is 0 Å². The van der Waals surface area contributed by atoms with Crippen LogP contribution in [0.1, 0.15) is 30.4 Å². The Kier molecular flexibility index (Phi) is 5.38. The second-order valence-electron chi connectivity index (χ2n) is 6.55. The van der Waals surface area contributed by atoms with Gasteiger partial charge in [-0.1, -0.05) is 12.1 Å². The van der Waals surface area contributed by atoms with Crippen LogP contribution in [0.3, 0.4) is 0 Å². The van der Waals surface area contributed by atoms with Gasteiger partial charge in [0.1, 0.15) is 5.82 Å². The topological polar surface area (TPSA) is 75.3 Å². The van der Waals surface area contributed by atoms with Crippen LogP contribution in [-0.2, 0) is 21.2 Å². The smallest absolute Gasteiger partial charge is 0.240 e. The normalized spacial score (nSPS) is 14.2. The van der Waals surface area contributed by atoms with E-state index in [9.17, 15) is 17.6 Å². The van der Waals surface area contributed by atoms with Gasteiger partial charge >= 0.3 is 0 Å². The summed E-state index contributed by atoms with van der Waals surface area (Å²) in [6.45, 7) is 1.73. The van der Waals surface area contributed by atoms with Gasteiger partial charge in [-0.25, -0.2) is 17.5 Å². The molecule has 1 saturated carbocycles. The largest absolute Gasteiger partial charge is 0.326 e. The highest BCUT2D eigenvalue weighted by Gasteiger charge is 2.27. The van der Waals surface area contributed by atoms with E-state index in [1.165, 1.54) is 18.2 Å². The van der Waals surface area contributed by atoms with Crippen molar-refractivity contribution in [3.05, 3.63) is 59.4 Å². The number of hydrogen-bond donors (Lipinski definition) is 2. The van der Waals surface area contributed by atoms with Gasteiger partial charge in [-0.2, -0.15) is 0 Å². The number of benzene rings is 2. The molecule has 2 N–H and O–H groups in total. The van der Waals surface area contributed by atoms with Crippen LogP contribution < -0.4 is 10.0 Å². The van der Waals surface area contributed by atoms with Crippen LogP contribution in [-0.4, -0.2) is 20.4 Å². The summed E-state index contributed by atoms with van der Waals surface area (Å²) in [5.41, 5.74) is 2.13. The first-order valence-electron chi connectivity index (χ1n) is 8.51. The van der Waals surface area contributed by atoms with Crippen molar-refractivity contribution in [3.63, 3.8) is 0 Å². The van der Waals surface area contributed by atoms with Crippen LogP contribution in [0.25, 0.3) is 0 Å². The Morgan fingerprint density at radius 2 is 1.85 bits per heavy atom. The molecule has 0 radical (unpaired) electrons. The van der Waals surface area contributed by atoms with E-state index < -0.39 is 10.0 Å². The Morgan fingerprint density at radius 3 is 2.46 bits per heavy atom. The van der Waals surface area contributed by atoms with Gasteiger partial charge in [0, 0.05) is 18.2 Å². The SMILES string of the molecule is Cc1cc(F)ccc1NC(=O)CCc1ccc(S(=O)(=O)NC2CC2)cc1. The Hall–Kier alpha value is -2.25. The molecule has 5 nitrogen and oxygen atoms in total. The van der Waals surface area contributed by atoms with Gasteiger partial charge in [0.15, 0.2) is 0 Å². The lowest BCUT2D eigenvalue weighted by atomic mass is 10.1.